The lowest BCUT2D eigenvalue weighted by Gasteiger charge is -2.27. The second-order valence-electron chi connectivity index (χ2n) is 6.98. The highest BCUT2D eigenvalue weighted by Crippen LogP contribution is 2.39. The average molecular weight is 388 g/mol. The molecule has 1 aromatic carbocycles. The van der Waals surface area contributed by atoms with E-state index in [9.17, 15) is 13.2 Å². The van der Waals surface area contributed by atoms with Crippen molar-refractivity contribution in [3.8, 4) is 17.0 Å². The SMILES string of the molecule is CC(C)C[C@](C)(N)COc1ccc(-c2cc(Cl)ncn2)cc1C(F)(F)F. The Hall–Kier alpha value is -1.86. The van der Waals surface area contributed by atoms with Crippen molar-refractivity contribution in [1.29, 1.82) is 0 Å². The molecule has 0 fully saturated rings. The third kappa shape index (κ3) is 5.57. The molecule has 0 unspecified atom stereocenters. The summed E-state index contributed by atoms with van der Waals surface area (Å²) in [5.74, 6) is 0.0439. The molecule has 2 aromatic rings. The molecule has 1 heterocycles. The standard InChI is InChI=1S/C18H21ClF3N3O/c1-11(2)8-17(3,23)9-26-15-5-4-12(6-13(15)18(20,21)22)14-7-16(19)25-10-24-14/h4-7,10-11H,8-9,23H2,1-3H3/t17-/m0/s1. The Morgan fingerprint density at radius 1 is 1.19 bits per heavy atom. The first-order chi connectivity index (χ1) is 12.0. The van der Waals surface area contributed by atoms with Crippen molar-refractivity contribution in [3.05, 3.63) is 41.3 Å². The number of hydrogen-bond acceptors (Lipinski definition) is 4. The van der Waals surface area contributed by atoms with Gasteiger partial charge < -0.3 is 10.5 Å². The number of rotatable bonds is 6. The van der Waals surface area contributed by atoms with Gasteiger partial charge in [0.2, 0.25) is 0 Å². The molecule has 0 amide bonds. The minimum Gasteiger partial charge on any atom is -0.491 e. The van der Waals surface area contributed by atoms with E-state index in [1.807, 2.05) is 13.8 Å². The van der Waals surface area contributed by atoms with E-state index >= 15 is 0 Å². The van der Waals surface area contributed by atoms with E-state index in [-0.39, 0.29) is 23.1 Å². The van der Waals surface area contributed by atoms with Gasteiger partial charge in [0.05, 0.1) is 11.3 Å². The van der Waals surface area contributed by atoms with Gasteiger partial charge in [0.15, 0.2) is 0 Å². The van der Waals surface area contributed by atoms with Gasteiger partial charge in [-0.15, -0.1) is 0 Å². The van der Waals surface area contributed by atoms with Crippen molar-refractivity contribution in [2.75, 3.05) is 6.61 Å². The zero-order chi connectivity index (χ0) is 19.5. The summed E-state index contributed by atoms with van der Waals surface area (Å²) in [6.45, 7) is 5.73. The Morgan fingerprint density at radius 2 is 1.88 bits per heavy atom. The summed E-state index contributed by atoms with van der Waals surface area (Å²) in [5, 5.41) is 0.150. The van der Waals surface area contributed by atoms with Crippen molar-refractivity contribution < 1.29 is 17.9 Å². The third-order valence-electron chi connectivity index (χ3n) is 3.65. The molecule has 0 aliphatic heterocycles. The van der Waals surface area contributed by atoms with Crippen LogP contribution in [0.2, 0.25) is 5.15 Å². The van der Waals surface area contributed by atoms with Crippen LogP contribution in [0.15, 0.2) is 30.6 Å². The van der Waals surface area contributed by atoms with E-state index in [2.05, 4.69) is 9.97 Å². The Morgan fingerprint density at radius 3 is 2.46 bits per heavy atom. The topological polar surface area (TPSA) is 61.0 Å². The van der Waals surface area contributed by atoms with Crippen LogP contribution in [-0.2, 0) is 6.18 Å². The first-order valence-corrected chi connectivity index (χ1v) is 8.46. The highest BCUT2D eigenvalue weighted by Gasteiger charge is 2.35. The van der Waals surface area contributed by atoms with E-state index in [0.29, 0.717) is 18.0 Å². The van der Waals surface area contributed by atoms with Crippen LogP contribution in [0.4, 0.5) is 13.2 Å². The summed E-state index contributed by atoms with van der Waals surface area (Å²) in [6.07, 6.45) is -2.75. The highest BCUT2D eigenvalue weighted by atomic mass is 35.5. The van der Waals surface area contributed by atoms with Crippen LogP contribution in [0.1, 0.15) is 32.8 Å². The number of nitrogens with zero attached hydrogens (tertiary/aromatic N) is 2. The molecule has 0 aliphatic carbocycles. The molecule has 1 atom stereocenters. The molecule has 8 heteroatoms. The molecule has 2 rings (SSSR count). The lowest BCUT2D eigenvalue weighted by atomic mass is 9.93. The van der Waals surface area contributed by atoms with Gasteiger partial charge in [-0.2, -0.15) is 13.2 Å². The fraction of sp³-hybridized carbons (Fsp3) is 0.444. The molecule has 2 N–H and O–H groups in total. The zero-order valence-corrected chi connectivity index (χ0v) is 15.5. The average Bonchev–Trinajstić information content (AvgIpc) is 2.51. The molecule has 0 saturated heterocycles. The van der Waals surface area contributed by atoms with Gasteiger partial charge in [-0.3, -0.25) is 0 Å². The molecule has 0 saturated carbocycles. The maximum Gasteiger partial charge on any atom is 0.419 e. The maximum absolute atomic E-state index is 13.5. The summed E-state index contributed by atoms with van der Waals surface area (Å²) >= 11 is 5.79. The molecule has 0 aliphatic rings. The highest BCUT2D eigenvalue weighted by molar-refractivity contribution is 6.29. The summed E-state index contributed by atoms with van der Waals surface area (Å²) < 4.78 is 45.9. The number of aromatic nitrogens is 2. The van der Waals surface area contributed by atoms with Crippen LogP contribution >= 0.6 is 11.6 Å². The van der Waals surface area contributed by atoms with Gasteiger partial charge in [0.25, 0.3) is 0 Å². The van der Waals surface area contributed by atoms with Gasteiger partial charge >= 0.3 is 6.18 Å². The number of halogens is 4. The molecule has 142 valence electrons. The molecule has 26 heavy (non-hydrogen) atoms. The minimum absolute atomic E-state index is 0.0209. The van der Waals surface area contributed by atoms with E-state index < -0.39 is 17.3 Å². The van der Waals surface area contributed by atoms with E-state index in [1.165, 1.54) is 24.5 Å². The second-order valence-corrected chi connectivity index (χ2v) is 7.36. The Kier molecular flexibility index (Phi) is 6.13. The quantitative estimate of drug-likeness (QED) is 0.712. The first-order valence-electron chi connectivity index (χ1n) is 8.09. The van der Waals surface area contributed by atoms with Crippen molar-refractivity contribution in [1.82, 2.24) is 9.97 Å². The van der Waals surface area contributed by atoms with Gasteiger partial charge in [-0.25, -0.2) is 9.97 Å². The van der Waals surface area contributed by atoms with E-state index in [0.717, 1.165) is 6.07 Å². The van der Waals surface area contributed by atoms with E-state index in [1.54, 1.807) is 6.92 Å². The van der Waals surface area contributed by atoms with Crippen LogP contribution in [0, 0.1) is 5.92 Å². The molecule has 1 aromatic heterocycles. The van der Waals surface area contributed by atoms with Crippen molar-refractivity contribution in [3.63, 3.8) is 0 Å². The largest absolute Gasteiger partial charge is 0.491 e. The molecule has 0 bridgehead atoms. The Bertz CT molecular complexity index is 764. The zero-order valence-electron chi connectivity index (χ0n) is 14.8. The minimum atomic E-state index is -4.58. The predicted octanol–water partition coefficient (Wildman–Crippen LogP) is 4.96. The van der Waals surface area contributed by atoms with Gasteiger partial charge in [0.1, 0.15) is 23.8 Å². The number of alkyl halides is 3. The predicted molar refractivity (Wildman–Crippen MR) is 95.0 cm³/mol. The fourth-order valence-corrected chi connectivity index (χ4v) is 2.91. The summed E-state index contributed by atoms with van der Waals surface area (Å²) in [5.41, 5.74) is 5.08. The van der Waals surface area contributed by atoms with Gasteiger partial charge in [-0.05, 0) is 37.5 Å². The summed E-state index contributed by atoms with van der Waals surface area (Å²) in [7, 11) is 0. The molecule has 0 spiro atoms. The second kappa shape index (κ2) is 7.80. The molecular weight excluding hydrogens is 367 g/mol. The maximum atomic E-state index is 13.5. The number of hydrogen-bond donors (Lipinski definition) is 1. The van der Waals surface area contributed by atoms with E-state index in [4.69, 9.17) is 22.1 Å². The van der Waals surface area contributed by atoms with Crippen LogP contribution in [0.3, 0.4) is 0 Å². The van der Waals surface area contributed by atoms with Crippen LogP contribution in [0.25, 0.3) is 11.3 Å². The molecule has 4 nitrogen and oxygen atoms in total. The lowest BCUT2D eigenvalue weighted by molar-refractivity contribution is -0.139. The van der Waals surface area contributed by atoms with Crippen LogP contribution in [-0.4, -0.2) is 22.1 Å². The Labute approximate surface area is 155 Å². The summed E-state index contributed by atoms with van der Waals surface area (Å²) in [6, 6.07) is 5.17. The molecular formula is C18H21ClF3N3O. The summed E-state index contributed by atoms with van der Waals surface area (Å²) in [4.78, 5) is 7.68. The first kappa shape index (κ1) is 20.5. The van der Waals surface area contributed by atoms with Crippen molar-refractivity contribution in [2.45, 2.75) is 38.9 Å². The van der Waals surface area contributed by atoms with Crippen LogP contribution < -0.4 is 10.5 Å². The van der Waals surface area contributed by atoms with Crippen molar-refractivity contribution in [2.24, 2.45) is 11.7 Å². The molecule has 0 radical (unpaired) electrons. The number of nitrogens with two attached hydrogens (primary N) is 1. The monoisotopic (exact) mass is 387 g/mol. The smallest absolute Gasteiger partial charge is 0.419 e. The third-order valence-corrected chi connectivity index (χ3v) is 3.85. The lowest BCUT2D eigenvalue weighted by Crippen LogP contribution is -2.43. The number of benzene rings is 1. The fourth-order valence-electron chi connectivity index (χ4n) is 2.76. The van der Waals surface area contributed by atoms with Gasteiger partial charge in [-0.1, -0.05) is 25.4 Å². The van der Waals surface area contributed by atoms with Crippen molar-refractivity contribution >= 4 is 11.6 Å². The Balaban J connectivity index is 2.32. The number of ether oxygens (including phenoxy) is 1. The normalized spacial score (nSPS) is 14.3. The van der Waals surface area contributed by atoms with Gasteiger partial charge in [0, 0.05) is 17.2 Å². The van der Waals surface area contributed by atoms with Crippen LogP contribution in [0.5, 0.6) is 5.75 Å².